The fraction of sp³-hybridized carbons (Fsp3) is 0.556. The monoisotopic (exact) mass is 393 g/mol. The van der Waals surface area contributed by atoms with Gasteiger partial charge in [-0.3, -0.25) is 9.79 Å². The van der Waals surface area contributed by atoms with Crippen molar-refractivity contribution < 1.29 is 4.79 Å². The van der Waals surface area contributed by atoms with Crippen molar-refractivity contribution in [3.8, 4) is 0 Å². The number of carbonyl (C=O) groups is 1. The fourth-order valence-electron chi connectivity index (χ4n) is 4.32. The number of ketones is 1. The number of carbonyl (C=O) groups excluding carboxylic acids is 1. The highest BCUT2D eigenvalue weighted by Crippen LogP contribution is 2.34. The summed E-state index contributed by atoms with van der Waals surface area (Å²) >= 11 is 0. The third kappa shape index (κ3) is 6.01. The molecule has 2 rings (SSSR count). The minimum absolute atomic E-state index is 0.283. The first-order valence-corrected chi connectivity index (χ1v) is 11.3. The van der Waals surface area contributed by atoms with Crippen molar-refractivity contribution in [2.24, 2.45) is 10.9 Å². The zero-order valence-electron chi connectivity index (χ0n) is 19.5. The molecule has 1 aliphatic rings. The van der Waals surface area contributed by atoms with Crippen LogP contribution in [0.25, 0.3) is 0 Å². The number of hydrogen-bond acceptors (Lipinski definition) is 2. The number of nitrogens with zero attached hydrogens (tertiary/aromatic N) is 1. The Morgan fingerprint density at radius 1 is 1.17 bits per heavy atom. The van der Waals surface area contributed by atoms with Crippen molar-refractivity contribution in [3.05, 3.63) is 58.2 Å². The standard InChI is InChI=1S/C27H39NO/c1-8-9-10-24(23-13-11-22(12-14-23)18(2)3)16-27(29)26-17-25(21(6)28-7)19(4)15-20(26)5/h11-14,17-18,20,24H,8-10,15-16H2,1-7H3/t20?,24-/m1/s1. The van der Waals surface area contributed by atoms with Crippen LogP contribution in [0.2, 0.25) is 0 Å². The van der Waals surface area contributed by atoms with Gasteiger partial charge in [0.15, 0.2) is 5.78 Å². The molecule has 29 heavy (non-hydrogen) atoms. The fourth-order valence-corrected chi connectivity index (χ4v) is 4.32. The smallest absolute Gasteiger partial charge is 0.159 e. The van der Waals surface area contributed by atoms with E-state index in [-0.39, 0.29) is 5.92 Å². The van der Waals surface area contributed by atoms with E-state index >= 15 is 0 Å². The molecule has 0 N–H and O–H groups in total. The number of hydrogen-bond donors (Lipinski definition) is 0. The van der Waals surface area contributed by atoms with Gasteiger partial charge in [-0.1, -0.05) is 70.4 Å². The molecule has 0 aromatic heterocycles. The molecular weight excluding hydrogens is 354 g/mol. The van der Waals surface area contributed by atoms with Gasteiger partial charge in [-0.15, -0.1) is 0 Å². The number of allylic oxidation sites excluding steroid dienone is 4. The molecule has 2 heteroatoms. The molecule has 0 spiro atoms. The summed E-state index contributed by atoms with van der Waals surface area (Å²) in [7, 11) is 1.82. The van der Waals surface area contributed by atoms with Crippen molar-refractivity contribution in [3.63, 3.8) is 0 Å². The maximum Gasteiger partial charge on any atom is 0.159 e. The summed E-state index contributed by atoms with van der Waals surface area (Å²) in [5, 5.41) is 0. The maximum atomic E-state index is 13.4. The lowest BCUT2D eigenvalue weighted by Crippen LogP contribution is -2.19. The van der Waals surface area contributed by atoms with Crippen LogP contribution in [0.5, 0.6) is 0 Å². The predicted molar refractivity (Wildman–Crippen MR) is 126 cm³/mol. The summed E-state index contributed by atoms with van der Waals surface area (Å²) in [5.74, 6) is 1.42. The maximum absolute atomic E-state index is 13.4. The number of aliphatic imine (C=N–C) groups is 1. The lowest BCUT2D eigenvalue weighted by molar-refractivity contribution is -0.116. The molecule has 2 nitrogen and oxygen atoms in total. The van der Waals surface area contributed by atoms with E-state index in [1.54, 1.807) is 0 Å². The average Bonchev–Trinajstić information content (AvgIpc) is 2.70. The Bertz CT molecular complexity index is 792. The molecule has 1 aliphatic carbocycles. The van der Waals surface area contributed by atoms with Gasteiger partial charge in [-0.25, -0.2) is 0 Å². The van der Waals surface area contributed by atoms with E-state index in [1.807, 2.05) is 14.0 Å². The summed E-state index contributed by atoms with van der Waals surface area (Å²) in [6.45, 7) is 13.0. The van der Waals surface area contributed by atoms with Crippen molar-refractivity contribution in [2.45, 2.75) is 85.5 Å². The summed E-state index contributed by atoms with van der Waals surface area (Å²) in [6, 6.07) is 8.95. The molecule has 0 heterocycles. The molecule has 0 radical (unpaired) electrons. The molecule has 0 fully saturated rings. The van der Waals surface area contributed by atoms with Crippen LogP contribution in [-0.4, -0.2) is 18.5 Å². The van der Waals surface area contributed by atoms with Crippen LogP contribution in [0, 0.1) is 5.92 Å². The zero-order chi connectivity index (χ0) is 21.6. The van der Waals surface area contributed by atoms with Crippen molar-refractivity contribution >= 4 is 11.5 Å². The molecule has 0 bridgehead atoms. The minimum atomic E-state index is 0.283. The quantitative estimate of drug-likeness (QED) is 0.401. The van der Waals surface area contributed by atoms with E-state index in [0.717, 1.165) is 42.5 Å². The van der Waals surface area contributed by atoms with Gasteiger partial charge in [0.1, 0.15) is 0 Å². The third-order valence-corrected chi connectivity index (χ3v) is 6.36. The normalized spacial score (nSPS) is 18.8. The third-order valence-electron chi connectivity index (χ3n) is 6.36. The van der Waals surface area contributed by atoms with Crippen molar-refractivity contribution in [2.75, 3.05) is 7.05 Å². The molecule has 158 valence electrons. The predicted octanol–water partition coefficient (Wildman–Crippen LogP) is 7.42. The second-order valence-electron chi connectivity index (χ2n) is 9.00. The van der Waals surface area contributed by atoms with Crippen LogP contribution >= 0.6 is 0 Å². The van der Waals surface area contributed by atoms with E-state index in [2.05, 4.69) is 70.0 Å². The van der Waals surface area contributed by atoms with E-state index in [1.165, 1.54) is 16.7 Å². The Hall–Kier alpha value is -1.96. The van der Waals surface area contributed by atoms with Crippen LogP contribution in [0.4, 0.5) is 0 Å². The molecule has 0 aliphatic heterocycles. The molecule has 1 aromatic carbocycles. The Morgan fingerprint density at radius 3 is 2.34 bits per heavy atom. The summed E-state index contributed by atoms with van der Waals surface area (Å²) < 4.78 is 0. The Kier molecular flexibility index (Phi) is 8.61. The minimum Gasteiger partial charge on any atom is -0.295 e. The zero-order valence-corrected chi connectivity index (χ0v) is 19.5. The largest absolute Gasteiger partial charge is 0.295 e. The van der Waals surface area contributed by atoms with Crippen LogP contribution in [0.15, 0.2) is 52.1 Å². The highest BCUT2D eigenvalue weighted by atomic mass is 16.1. The number of unbranched alkanes of at least 4 members (excludes halogenated alkanes) is 1. The van der Waals surface area contributed by atoms with Gasteiger partial charge in [0.25, 0.3) is 0 Å². The molecule has 1 unspecified atom stereocenters. The van der Waals surface area contributed by atoms with Crippen LogP contribution in [0.1, 0.15) is 96.6 Å². The van der Waals surface area contributed by atoms with Gasteiger partial charge in [0.05, 0.1) is 0 Å². The van der Waals surface area contributed by atoms with Crippen molar-refractivity contribution in [1.82, 2.24) is 0 Å². The number of Topliss-reactive ketones (excluding diaryl/α,β-unsaturated/α-hetero) is 1. The summed E-state index contributed by atoms with van der Waals surface area (Å²) in [6.07, 6.45) is 7.06. The van der Waals surface area contributed by atoms with E-state index in [0.29, 0.717) is 24.0 Å². The lowest BCUT2D eigenvalue weighted by Gasteiger charge is -2.25. The SMILES string of the molecule is CCCC[C@H](CC(=O)C1=CC(C(C)=NC)=C(C)CC1C)c1ccc(C(C)C)cc1. The van der Waals surface area contributed by atoms with E-state index in [4.69, 9.17) is 0 Å². The Labute approximate surface area is 178 Å². The first kappa shape index (κ1) is 23.3. The second kappa shape index (κ2) is 10.7. The lowest BCUT2D eigenvalue weighted by atomic mass is 9.79. The molecule has 0 amide bonds. The van der Waals surface area contributed by atoms with E-state index < -0.39 is 0 Å². The molecule has 0 saturated carbocycles. The number of benzene rings is 1. The van der Waals surface area contributed by atoms with Gasteiger partial charge in [0.2, 0.25) is 0 Å². The van der Waals surface area contributed by atoms with Gasteiger partial charge in [-0.05, 0) is 72.8 Å². The van der Waals surface area contributed by atoms with Crippen LogP contribution in [-0.2, 0) is 4.79 Å². The highest BCUT2D eigenvalue weighted by molar-refractivity contribution is 6.05. The van der Waals surface area contributed by atoms with E-state index in [9.17, 15) is 4.79 Å². The molecule has 1 aromatic rings. The summed E-state index contributed by atoms with van der Waals surface area (Å²) in [5.41, 5.74) is 7.15. The van der Waals surface area contributed by atoms with Gasteiger partial charge >= 0.3 is 0 Å². The highest BCUT2D eigenvalue weighted by Gasteiger charge is 2.26. The van der Waals surface area contributed by atoms with Crippen LogP contribution < -0.4 is 0 Å². The van der Waals surface area contributed by atoms with Gasteiger partial charge < -0.3 is 0 Å². The van der Waals surface area contributed by atoms with Crippen LogP contribution in [0.3, 0.4) is 0 Å². The van der Waals surface area contributed by atoms with Gasteiger partial charge in [0, 0.05) is 19.2 Å². The topological polar surface area (TPSA) is 29.4 Å². The first-order chi connectivity index (χ1) is 13.8. The number of rotatable bonds is 9. The van der Waals surface area contributed by atoms with Gasteiger partial charge in [-0.2, -0.15) is 0 Å². The summed E-state index contributed by atoms with van der Waals surface area (Å²) in [4.78, 5) is 17.7. The second-order valence-corrected chi connectivity index (χ2v) is 9.00. The Morgan fingerprint density at radius 2 is 1.79 bits per heavy atom. The first-order valence-electron chi connectivity index (χ1n) is 11.3. The molecule has 0 saturated heterocycles. The Balaban J connectivity index is 2.27. The van der Waals surface area contributed by atoms with Crippen molar-refractivity contribution in [1.29, 1.82) is 0 Å². The average molecular weight is 394 g/mol. The molecular formula is C27H39NO. The molecule has 2 atom stereocenters.